The van der Waals surface area contributed by atoms with Crippen molar-refractivity contribution in [3.8, 4) is 0 Å². The summed E-state index contributed by atoms with van der Waals surface area (Å²) in [6.07, 6.45) is 4.89. The van der Waals surface area contributed by atoms with Crippen molar-refractivity contribution in [3.63, 3.8) is 0 Å². The molecule has 4 heteroatoms. The second kappa shape index (κ2) is 5.17. The predicted molar refractivity (Wildman–Crippen MR) is 50.3 cm³/mol. The van der Waals surface area contributed by atoms with Crippen LogP contribution in [-0.4, -0.2) is 22.2 Å². The molecule has 1 aromatic heterocycles. The van der Waals surface area contributed by atoms with Crippen molar-refractivity contribution in [2.24, 2.45) is 7.05 Å². The largest absolute Gasteiger partial charge is 0.313 e. The number of hydrogen-bond acceptors (Lipinski definition) is 2. The first kappa shape index (κ1) is 9.55. The summed E-state index contributed by atoms with van der Waals surface area (Å²) in [6, 6.07) is 0. The first-order chi connectivity index (χ1) is 5.83. The van der Waals surface area contributed by atoms with E-state index in [9.17, 15) is 0 Å². The summed E-state index contributed by atoms with van der Waals surface area (Å²) < 4.78 is 1.80. The number of alkyl halides is 1. The highest BCUT2D eigenvalue weighted by atomic mass is 35.5. The van der Waals surface area contributed by atoms with Crippen molar-refractivity contribution in [2.75, 3.05) is 12.4 Å². The standard InChI is InChI=1S/C8H14ClN3/c1-12-7-8(6-11-12)5-10-4-2-3-9/h6-7,10H,2-5H2,1H3. The first-order valence-corrected chi connectivity index (χ1v) is 4.60. The highest BCUT2D eigenvalue weighted by Gasteiger charge is 1.93. The topological polar surface area (TPSA) is 29.9 Å². The van der Waals surface area contributed by atoms with E-state index in [1.165, 1.54) is 5.56 Å². The van der Waals surface area contributed by atoms with Gasteiger partial charge in [-0.05, 0) is 13.0 Å². The van der Waals surface area contributed by atoms with Gasteiger partial charge >= 0.3 is 0 Å². The number of nitrogens with zero attached hydrogens (tertiary/aromatic N) is 2. The zero-order valence-electron chi connectivity index (χ0n) is 7.26. The molecule has 68 valence electrons. The monoisotopic (exact) mass is 187 g/mol. The lowest BCUT2D eigenvalue weighted by molar-refractivity contribution is 0.676. The Morgan fingerprint density at radius 1 is 1.67 bits per heavy atom. The summed E-state index contributed by atoms with van der Waals surface area (Å²) in [5.41, 5.74) is 1.21. The molecule has 0 amide bonds. The molecule has 1 N–H and O–H groups in total. The molecule has 1 heterocycles. The van der Waals surface area contributed by atoms with Gasteiger partial charge in [0.25, 0.3) is 0 Å². The van der Waals surface area contributed by atoms with Gasteiger partial charge < -0.3 is 5.32 Å². The molecular formula is C8H14ClN3. The van der Waals surface area contributed by atoms with Crippen LogP contribution in [0.2, 0.25) is 0 Å². The molecule has 0 fully saturated rings. The number of nitrogens with one attached hydrogen (secondary N) is 1. The van der Waals surface area contributed by atoms with E-state index in [2.05, 4.69) is 10.4 Å². The molecule has 0 saturated heterocycles. The normalized spacial score (nSPS) is 10.5. The maximum Gasteiger partial charge on any atom is 0.0534 e. The van der Waals surface area contributed by atoms with Crippen LogP contribution < -0.4 is 5.32 Å². The Balaban J connectivity index is 2.15. The fraction of sp³-hybridized carbons (Fsp3) is 0.625. The minimum atomic E-state index is 0.722. The summed E-state index contributed by atoms with van der Waals surface area (Å²) >= 11 is 5.53. The van der Waals surface area contributed by atoms with Crippen LogP contribution >= 0.6 is 11.6 Å². The Kier molecular flexibility index (Phi) is 4.11. The zero-order valence-corrected chi connectivity index (χ0v) is 8.01. The van der Waals surface area contributed by atoms with E-state index in [-0.39, 0.29) is 0 Å². The van der Waals surface area contributed by atoms with E-state index in [1.807, 2.05) is 19.4 Å². The van der Waals surface area contributed by atoms with Gasteiger partial charge in [-0.2, -0.15) is 5.10 Å². The Morgan fingerprint density at radius 2 is 2.50 bits per heavy atom. The zero-order chi connectivity index (χ0) is 8.81. The maximum absolute atomic E-state index is 5.53. The number of hydrogen-bond donors (Lipinski definition) is 1. The smallest absolute Gasteiger partial charge is 0.0534 e. The third-order valence-electron chi connectivity index (χ3n) is 1.57. The molecule has 1 rings (SSSR count). The van der Waals surface area contributed by atoms with Crippen molar-refractivity contribution in [3.05, 3.63) is 18.0 Å². The van der Waals surface area contributed by atoms with Crippen LogP contribution in [0, 0.1) is 0 Å². The van der Waals surface area contributed by atoms with Crippen molar-refractivity contribution >= 4 is 11.6 Å². The van der Waals surface area contributed by atoms with Crippen molar-refractivity contribution in [1.82, 2.24) is 15.1 Å². The quantitative estimate of drug-likeness (QED) is 0.554. The minimum Gasteiger partial charge on any atom is -0.313 e. The summed E-state index contributed by atoms with van der Waals surface area (Å²) in [4.78, 5) is 0. The van der Waals surface area contributed by atoms with Crippen molar-refractivity contribution < 1.29 is 0 Å². The number of rotatable bonds is 5. The van der Waals surface area contributed by atoms with Crippen LogP contribution in [0.25, 0.3) is 0 Å². The van der Waals surface area contributed by atoms with E-state index in [0.717, 1.165) is 25.4 Å². The fourth-order valence-electron chi connectivity index (χ4n) is 0.988. The SMILES string of the molecule is Cn1cc(CNCCCCl)cn1. The van der Waals surface area contributed by atoms with Gasteiger partial charge in [-0.1, -0.05) is 0 Å². The third-order valence-corrected chi connectivity index (χ3v) is 1.84. The molecule has 0 radical (unpaired) electrons. The summed E-state index contributed by atoms with van der Waals surface area (Å²) in [5, 5.41) is 7.34. The Hall–Kier alpha value is -0.540. The second-order valence-electron chi connectivity index (χ2n) is 2.74. The first-order valence-electron chi connectivity index (χ1n) is 4.07. The Morgan fingerprint density at radius 3 is 3.08 bits per heavy atom. The summed E-state index contributed by atoms with van der Waals surface area (Å²) in [5.74, 6) is 0.722. The lowest BCUT2D eigenvalue weighted by Crippen LogP contribution is -2.14. The van der Waals surface area contributed by atoms with Crippen molar-refractivity contribution in [1.29, 1.82) is 0 Å². The predicted octanol–water partition coefficient (Wildman–Crippen LogP) is 1.14. The van der Waals surface area contributed by atoms with Gasteiger partial charge in [0.1, 0.15) is 0 Å². The maximum atomic E-state index is 5.53. The number of halogens is 1. The summed E-state index contributed by atoms with van der Waals surface area (Å²) in [7, 11) is 1.92. The van der Waals surface area contributed by atoms with Gasteiger partial charge in [-0.3, -0.25) is 4.68 Å². The molecular weight excluding hydrogens is 174 g/mol. The van der Waals surface area contributed by atoms with E-state index < -0.39 is 0 Å². The summed E-state index contributed by atoms with van der Waals surface area (Å²) in [6.45, 7) is 1.85. The second-order valence-corrected chi connectivity index (χ2v) is 3.12. The molecule has 0 aromatic carbocycles. The number of aromatic nitrogens is 2. The van der Waals surface area contributed by atoms with Gasteiger partial charge in [-0.15, -0.1) is 11.6 Å². The minimum absolute atomic E-state index is 0.722. The van der Waals surface area contributed by atoms with Gasteiger partial charge in [0, 0.05) is 31.2 Å². The average molecular weight is 188 g/mol. The molecule has 0 atom stereocenters. The molecule has 1 aromatic rings. The van der Waals surface area contributed by atoms with Gasteiger partial charge in [0.05, 0.1) is 6.20 Å². The van der Waals surface area contributed by atoms with Crippen LogP contribution in [0.1, 0.15) is 12.0 Å². The fourth-order valence-corrected chi connectivity index (χ4v) is 1.12. The molecule has 3 nitrogen and oxygen atoms in total. The van der Waals surface area contributed by atoms with E-state index in [1.54, 1.807) is 4.68 Å². The van der Waals surface area contributed by atoms with E-state index >= 15 is 0 Å². The van der Waals surface area contributed by atoms with Crippen molar-refractivity contribution in [2.45, 2.75) is 13.0 Å². The Labute approximate surface area is 77.7 Å². The van der Waals surface area contributed by atoms with E-state index in [0.29, 0.717) is 0 Å². The van der Waals surface area contributed by atoms with Gasteiger partial charge in [0.2, 0.25) is 0 Å². The van der Waals surface area contributed by atoms with Crippen LogP contribution in [-0.2, 0) is 13.6 Å². The molecule has 0 aliphatic carbocycles. The highest BCUT2D eigenvalue weighted by Crippen LogP contribution is 1.94. The number of aryl methyl sites for hydroxylation is 1. The van der Waals surface area contributed by atoms with Gasteiger partial charge in [0.15, 0.2) is 0 Å². The van der Waals surface area contributed by atoms with Crippen LogP contribution in [0.15, 0.2) is 12.4 Å². The lowest BCUT2D eigenvalue weighted by atomic mass is 10.3. The molecule has 0 aliphatic rings. The van der Waals surface area contributed by atoms with Crippen LogP contribution in [0.3, 0.4) is 0 Å². The molecule has 0 unspecified atom stereocenters. The molecule has 0 saturated carbocycles. The molecule has 0 aliphatic heterocycles. The lowest BCUT2D eigenvalue weighted by Gasteiger charge is -1.99. The van der Waals surface area contributed by atoms with E-state index in [4.69, 9.17) is 11.6 Å². The van der Waals surface area contributed by atoms with Gasteiger partial charge in [-0.25, -0.2) is 0 Å². The molecule has 0 spiro atoms. The van der Waals surface area contributed by atoms with Crippen LogP contribution in [0.4, 0.5) is 0 Å². The third kappa shape index (κ3) is 3.24. The molecule has 0 bridgehead atoms. The molecule has 12 heavy (non-hydrogen) atoms. The average Bonchev–Trinajstić information content (AvgIpc) is 2.45. The Bertz CT molecular complexity index is 222. The van der Waals surface area contributed by atoms with Crippen LogP contribution in [0.5, 0.6) is 0 Å². The highest BCUT2D eigenvalue weighted by molar-refractivity contribution is 6.17.